The number of aromatic nitrogens is 4. The quantitative estimate of drug-likeness (QED) is 0.373. The maximum absolute atomic E-state index is 13.9. The van der Waals surface area contributed by atoms with Crippen LogP contribution in [0.3, 0.4) is 0 Å². The standard InChI is InChI=1S/C27H27FN6O3/c1-18-14-29-26(32-25(18)20-7-8-24(35)23(28)13-20)31-21-15-30-34(16-21)22-9-11-33(12-10-22)27(36)37-17-19-5-3-2-4-6-19/h2-8,13-16,22,35H,9-12,17H2,1H3,(H,29,31,32). The summed E-state index contributed by atoms with van der Waals surface area (Å²) in [5, 5.41) is 17.1. The number of likely N-dealkylation sites (tertiary alicyclic amines) is 1. The summed E-state index contributed by atoms with van der Waals surface area (Å²) in [5.41, 5.74) is 3.57. The van der Waals surface area contributed by atoms with Crippen LogP contribution in [0.5, 0.6) is 5.75 Å². The van der Waals surface area contributed by atoms with E-state index in [4.69, 9.17) is 4.74 Å². The molecule has 1 aliphatic rings. The Bertz CT molecular complexity index is 1390. The number of rotatable bonds is 6. The first-order valence-corrected chi connectivity index (χ1v) is 12.1. The molecule has 1 fully saturated rings. The number of piperidine rings is 1. The van der Waals surface area contributed by atoms with Crippen molar-refractivity contribution in [3.8, 4) is 17.0 Å². The van der Waals surface area contributed by atoms with Crippen LogP contribution in [0.25, 0.3) is 11.3 Å². The molecule has 1 amide bonds. The van der Waals surface area contributed by atoms with Crippen LogP contribution in [0.15, 0.2) is 67.1 Å². The summed E-state index contributed by atoms with van der Waals surface area (Å²) in [4.78, 5) is 23.0. The minimum absolute atomic E-state index is 0.156. The number of amides is 1. The Hall–Kier alpha value is -4.47. The SMILES string of the molecule is Cc1cnc(Nc2cnn(C3CCN(C(=O)OCc4ccccc4)CC3)c2)nc1-c1ccc(O)c(F)c1. The molecule has 10 heteroatoms. The number of aromatic hydroxyl groups is 1. The van der Waals surface area contributed by atoms with Crippen molar-refractivity contribution >= 4 is 17.7 Å². The summed E-state index contributed by atoms with van der Waals surface area (Å²) in [7, 11) is 0. The van der Waals surface area contributed by atoms with E-state index in [2.05, 4.69) is 20.4 Å². The number of phenolic OH excluding ortho intramolecular Hbond substituents is 1. The van der Waals surface area contributed by atoms with E-state index in [1.165, 1.54) is 12.1 Å². The number of carbonyl (C=O) groups is 1. The lowest BCUT2D eigenvalue weighted by atomic mass is 10.1. The van der Waals surface area contributed by atoms with Gasteiger partial charge in [0.1, 0.15) is 6.61 Å². The number of phenols is 1. The highest BCUT2D eigenvalue weighted by molar-refractivity contribution is 5.68. The lowest BCUT2D eigenvalue weighted by Gasteiger charge is -2.31. The molecule has 37 heavy (non-hydrogen) atoms. The Morgan fingerprint density at radius 1 is 1.16 bits per heavy atom. The number of carbonyl (C=O) groups excluding carboxylic acids is 1. The van der Waals surface area contributed by atoms with Crippen LogP contribution in [0.4, 0.5) is 20.8 Å². The fourth-order valence-electron chi connectivity index (χ4n) is 4.30. The Kier molecular flexibility index (Phi) is 6.98. The van der Waals surface area contributed by atoms with Gasteiger partial charge in [0.15, 0.2) is 11.6 Å². The molecule has 0 spiro atoms. The fourth-order valence-corrected chi connectivity index (χ4v) is 4.30. The van der Waals surface area contributed by atoms with Crippen LogP contribution in [0.1, 0.15) is 30.0 Å². The minimum atomic E-state index is -0.707. The molecular formula is C27H27FN6O3. The van der Waals surface area contributed by atoms with Gasteiger partial charge in [0.25, 0.3) is 0 Å². The van der Waals surface area contributed by atoms with Crippen LogP contribution in [-0.2, 0) is 11.3 Å². The molecule has 190 valence electrons. The van der Waals surface area contributed by atoms with E-state index in [1.54, 1.807) is 23.4 Å². The zero-order valence-corrected chi connectivity index (χ0v) is 20.3. The van der Waals surface area contributed by atoms with Crippen LogP contribution >= 0.6 is 0 Å². The second-order valence-electron chi connectivity index (χ2n) is 8.98. The van der Waals surface area contributed by atoms with Crippen molar-refractivity contribution < 1.29 is 19.0 Å². The molecule has 2 aromatic carbocycles. The predicted molar refractivity (Wildman–Crippen MR) is 136 cm³/mol. The van der Waals surface area contributed by atoms with Crippen molar-refractivity contribution in [1.29, 1.82) is 0 Å². The van der Waals surface area contributed by atoms with Gasteiger partial charge in [-0.1, -0.05) is 30.3 Å². The van der Waals surface area contributed by atoms with Gasteiger partial charge in [-0.25, -0.2) is 19.2 Å². The largest absolute Gasteiger partial charge is 0.505 e. The third-order valence-electron chi connectivity index (χ3n) is 6.35. The molecular weight excluding hydrogens is 475 g/mol. The molecule has 0 saturated carbocycles. The molecule has 1 aliphatic heterocycles. The average Bonchev–Trinajstić information content (AvgIpc) is 3.39. The van der Waals surface area contributed by atoms with Gasteiger partial charge >= 0.3 is 6.09 Å². The number of benzene rings is 2. The third kappa shape index (κ3) is 5.69. The second kappa shape index (κ2) is 10.7. The highest BCUT2D eigenvalue weighted by atomic mass is 19.1. The monoisotopic (exact) mass is 502 g/mol. The number of nitrogens with zero attached hydrogens (tertiary/aromatic N) is 5. The Balaban J connectivity index is 1.18. The first-order valence-electron chi connectivity index (χ1n) is 12.1. The molecule has 3 heterocycles. The molecule has 9 nitrogen and oxygen atoms in total. The van der Waals surface area contributed by atoms with Gasteiger partial charge in [0.2, 0.25) is 5.95 Å². The molecule has 0 atom stereocenters. The van der Waals surface area contributed by atoms with E-state index in [1.807, 2.05) is 48.1 Å². The summed E-state index contributed by atoms with van der Waals surface area (Å²) in [6, 6.07) is 13.9. The van der Waals surface area contributed by atoms with Gasteiger partial charge in [-0.15, -0.1) is 0 Å². The molecule has 4 aromatic rings. The number of ether oxygens (including phenoxy) is 1. The Morgan fingerprint density at radius 3 is 2.70 bits per heavy atom. The first-order chi connectivity index (χ1) is 18.0. The molecule has 5 rings (SSSR count). The van der Waals surface area contributed by atoms with Crippen molar-refractivity contribution in [3.63, 3.8) is 0 Å². The van der Waals surface area contributed by atoms with E-state index >= 15 is 0 Å². The number of nitrogens with one attached hydrogen (secondary N) is 1. The summed E-state index contributed by atoms with van der Waals surface area (Å²) in [6.07, 6.45) is 6.47. The summed E-state index contributed by atoms with van der Waals surface area (Å²) in [6.45, 7) is 3.28. The Labute approximate surface area is 213 Å². The van der Waals surface area contributed by atoms with Gasteiger partial charge in [-0.2, -0.15) is 5.10 Å². The van der Waals surface area contributed by atoms with Crippen LogP contribution in [-0.4, -0.2) is 48.9 Å². The van der Waals surface area contributed by atoms with Crippen LogP contribution < -0.4 is 5.32 Å². The lowest BCUT2D eigenvalue weighted by molar-refractivity contribution is 0.0821. The maximum Gasteiger partial charge on any atom is 0.410 e. The highest BCUT2D eigenvalue weighted by Gasteiger charge is 2.25. The maximum atomic E-state index is 13.9. The smallest absolute Gasteiger partial charge is 0.410 e. The summed E-state index contributed by atoms with van der Waals surface area (Å²) >= 11 is 0. The van der Waals surface area contributed by atoms with E-state index in [9.17, 15) is 14.3 Å². The van der Waals surface area contributed by atoms with Gasteiger partial charge in [0, 0.05) is 31.0 Å². The first kappa shape index (κ1) is 24.2. The third-order valence-corrected chi connectivity index (χ3v) is 6.35. The number of halogens is 1. The van der Waals surface area contributed by atoms with E-state index in [-0.39, 0.29) is 18.7 Å². The number of aryl methyl sites for hydroxylation is 1. The van der Waals surface area contributed by atoms with E-state index in [0.717, 1.165) is 29.7 Å². The van der Waals surface area contributed by atoms with Gasteiger partial charge in [0.05, 0.1) is 23.6 Å². The highest BCUT2D eigenvalue weighted by Crippen LogP contribution is 2.28. The Morgan fingerprint density at radius 2 is 1.95 bits per heavy atom. The molecule has 0 aliphatic carbocycles. The molecule has 0 bridgehead atoms. The minimum Gasteiger partial charge on any atom is -0.505 e. The van der Waals surface area contributed by atoms with Gasteiger partial charge in [-0.3, -0.25) is 4.68 Å². The normalized spacial score (nSPS) is 13.9. The predicted octanol–water partition coefficient (Wildman–Crippen LogP) is 5.21. The molecule has 0 unspecified atom stereocenters. The molecule has 2 aromatic heterocycles. The van der Waals surface area contributed by atoms with Crippen molar-refractivity contribution in [2.24, 2.45) is 0 Å². The topological polar surface area (TPSA) is 105 Å². The number of hydrogen-bond acceptors (Lipinski definition) is 7. The molecule has 2 N–H and O–H groups in total. The average molecular weight is 503 g/mol. The molecule has 1 saturated heterocycles. The van der Waals surface area contributed by atoms with Crippen LogP contribution in [0.2, 0.25) is 0 Å². The van der Waals surface area contributed by atoms with Crippen molar-refractivity contribution in [1.82, 2.24) is 24.6 Å². The number of anilines is 2. The fraction of sp³-hybridized carbons (Fsp3) is 0.259. The lowest BCUT2D eigenvalue weighted by Crippen LogP contribution is -2.39. The van der Waals surface area contributed by atoms with Gasteiger partial charge < -0.3 is 20.1 Å². The number of hydrogen-bond donors (Lipinski definition) is 2. The van der Waals surface area contributed by atoms with Crippen molar-refractivity contribution in [3.05, 3.63) is 84.1 Å². The second-order valence-corrected chi connectivity index (χ2v) is 8.98. The molecule has 0 radical (unpaired) electrons. The van der Waals surface area contributed by atoms with E-state index in [0.29, 0.717) is 30.3 Å². The van der Waals surface area contributed by atoms with E-state index < -0.39 is 11.6 Å². The van der Waals surface area contributed by atoms with Crippen LogP contribution in [0, 0.1) is 12.7 Å². The van der Waals surface area contributed by atoms with Gasteiger partial charge in [-0.05, 0) is 49.1 Å². The zero-order chi connectivity index (χ0) is 25.8. The summed E-state index contributed by atoms with van der Waals surface area (Å²) < 4.78 is 21.2. The zero-order valence-electron chi connectivity index (χ0n) is 20.3. The van der Waals surface area contributed by atoms with Crippen molar-refractivity contribution in [2.45, 2.75) is 32.4 Å². The summed E-state index contributed by atoms with van der Waals surface area (Å²) in [5.74, 6) is -0.762. The van der Waals surface area contributed by atoms with Crippen molar-refractivity contribution in [2.75, 3.05) is 18.4 Å².